The zero-order valence-electron chi connectivity index (χ0n) is 10.7. The molecule has 1 nitrogen and oxygen atoms in total. The van der Waals surface area contributed by atoms with E-state index in [1.54, 1.807) is 11.8 Å². The van der Waals surface area contributed by atoms with Crippen LogP contribution in [0, 0.1) is 5.92 Å². The third-order valence-electron chi connectivity index (χ3n) is 2.35. The third-order valence-corrected chi connectivity index (χ3v) is 3.45. The van der Waals surface area contributed by atoms with Gasteiger partial charge in [0.15, 0.2) is 0 Å². The van der Waals surface area contributed by atoms with E-state index in [0.29, 0.717) is 12.3 Å². The summed E-state index contributed by atoms with van der Waals surface area (Å²) in [6, 6.07) is 8.53. The molecular weight excluding hydrogens is 233 g/mol. The summed E-state index contributed by atoms with van der Waals surface area (Å²) in [6.45, 7) is 6.17. The summed E-state index contributed by atoms with van der Waals surface area (Å²) in [6.07, 6.45) is 0.641. The van der Waals surface area contributed by atoms with Gasteiger partial charge in [0.05, 0.1) is 6.67 Å². The Morgan fingerprint density at radius 3 is 2.53 bits per heavy atom. The molecule has 1 aromatic carbocycles. The highest BCUT2D eigenvalue weighted by atomic mass is 32.2. The molecule has 0 aliphatic rings. The van der Waals surface area contributed by atoms with Gasteiger partial charge >= 0.3 is 0 Å². The lowest BCUT2D eigenvalue weighted by atomic mass is 10.2. The van der Waals surface area contributed by atoms with Crippen LogP contribution in [0.2, 0.25) is 0 Å². The van der Waals surface area contributed by atoms with Crippen molar-refractivity contribution < 1.29 is 4.39 Å². The molecule has 96 valence electrons. The summed E-state index contributed by atoms with van der Waals surface area (Å²) in [5.41, 5.74) is 1.31. The van der Waals surface area contributed by atoms with Gasteiger partial charge in [-0.25, -0.2) is 0 Å². The molecule has 0 saturated carbocycles. The first-order valence-corrected chi connectivity index (χ1v) is 7.19. The van der Waals surface area contributed by atoms with Crippen molar-refractivity contribution in [3.8, 4) is 0 Å². The highest BCUT2D eigenvalue weighted by Gasteiger charge is 1.97. The highest BCUT2D eigenvalue weighted by molar-refractivity contribution is 7.99. The molecule has 0 saturated heterocycles. The number of alkyl halides is 1. The number of rotatable bonds is 8. The van der Waals surface area contributed by atoms with Crippen LogP contribution in [0.25, 0.3) is 0 Å². The predicted octanol–water partition coefficient (Wildman–Crippen LogP) is 3.88. The lowest BCUT2D eigenvalue weighted by Crippen LogP contribution is -2.18. The van der Waals surface area contributed by atoms with E-state index >= 15 is 0 Å². The molecule has 0 amide bonds. The summed E-state index contributed by atoms with van der Waals surface area (Å²) < 4.78 is 11.9. The van der Waals surface area contributed by atoms with Crippen molar-refractivity contribution in [3.05, 3.63) is 29.8 Å². The molecule has 1 rings (SSSR count). The quantitative estimate of drug-likeness (QED) is 0.559. The van der Waals surface area contributed by atoms with Gasteiger partial charge in [-0.05, 0) is 36.6 Å². The van der Waals surface area contributed by atoms with E-state index in [0.717, 1.165) is 18.8 Å². The molecule has 0 bridgehead atoms. The average molecular weight is 255 g/mol. The van der Waals surface area contributed by atoms with E-state index in [9.17, 15) is 4.39 Å². The molecule has 0 spiro atoms. The minimum atomic E-state index is -0.218. The molecule has 0 atom stereocenters. The molecule has 0 aliphatic carbocycles. The van der Waals surface area contributed by atoms with Gasteiger partial charge < -0.3 is 5.32 Å². The van der Waals surface area contributed by atoms with Crippen molar-refractivity contribution in [2.45, 2.75) is 31.7 Å². The molecule has 0 aliphatic heterocycles. The van der Waals surface area contributed by atoms with Crippen LogP contribution < -0.4 is 5.32 Å². The monoisotopic (exact) mass is 255 g/mol. The third kappa shape index (κ3) is 6.69. The average Bonchev–Trinajstić information content (AvgIpc) is 2.31. The molecule has 1 aromatic rings. The van der Waals surface area contributed by atoms with Gasteiger partial charge in [0.25, 0.3) is 0 Å². The van der Waals surface area contributed by atoms with Gasteiger partial charge in [-0.1, -0.05) is 26.0 Å². The second-order valence-electron chi connectivity index (χ2n) is 4.56. The van der Waals surface area contributed by atoms with Gasteiger partial charge in [-0.15, -0.1) is 11.8 Å². The number of hydrogen-bond donors (Lipinski definition) is 1. The zero-order chi connectivity index (χ0) is 12.5. The van der Waals surface area contributed by atoms with Crippen LogP contribution in [-0.4, -0.2) is 19.0 Å². The summed E-state index contributed by atoms with van der Waals surface area (Å²) in [4.78, 5) is 1.23. The zero-order valence-corrected chi connectivity index (χ0v) is 11.5. The maximum atomic E-state index is 11.9. The Hall–Kier alpha value is -0.540. The Balaban J connectivity index is 2.29. The molecule has 0 heterocycles. The van der Waals surface area contributed by atoms with Crippen molar-refractivity contribution >= 4 is 11.8 Å². The normalized spacial score (nSPS) is 11.1. The van der Waals surface area contributed by atoms with Crippen LogP contribution in [0.15, 0.2) is 29.2 Å². The van der Waals surface area contributed by atoms with E-state index < -0.39 is 0 Å². The molecular formula is C14H22FNS. The molecule has 0 aromatic heterocycles. The van der Waals surface area contributed by atoms with Crippen LogP contribution >= 0.6 is 11.8 Å². The van der Waals surface area contributed by atoms with E-state index in [4.69, 9.17) is 0 Å². The lowest BCUT2D eigenvalue weighted by molar-refractivity contribution is 0.489. The first kappa shape index (κ1) is 14.5. The fraction of sp³-hybridized carbons (Fsp3) is 0.571. The van der Waals surface area contributed by atoms with Crippen molar-refractivity contribution in [1.29, 1.82) is 0 Å². The van der Waals surface area contributed by atoms with Crippen molar-refractivity contribution in [3.63, 3.8) is 0 Å². The second-order valence-corrected chi connectivity index (χ2v) is 5.73. The van der Waals surface area contributed by atoms with E-state index in [-0.39, 0.29) is 6.67 Å². The largest absolute Gasteiger partial charge is 0.312 e. The summed E-state index contributed by atoms with van der Waals surface area (Å²) in [5.74, 6) is 1.55. The van der Waals surface area contributed by atoms with E-state index in [1.165, 1.54) is 10.5 Å². The fourth-order valence-electron chi connectivity index (χ4n) is 1.45. The second kappa shape index (κ2) is 8.54. The molecule has 1 N–H and O–H groups in total. The Kier molecular flexibility index (Phi) is 7.29. The number of halogens is 1. The maximum absolute atomic E-state index is 11.9. The molecule has 0 unspecified atom stereocenters. The topological polar surface area (TPSA) is 12.0 Å². The van der Waals surface area contributed by atoms with E-state index in [1.807, 2.05) is 0 Å². The Morgan fingerprint density at radius 2 is 1.94 bits per heavy atom. The Labute approximate surface area is 108 Å². The van der Waals surface area contributed by atoms with Crippen molar-refractivity contribution in [1.82, 2.24) is 5.32 Å². The SMILES string of the molecule is CC(C)CNCc1ccc(SCCCF)cc1. The number of hydrogen-bond acceptors (Lipinski definition) is 2. The van der Waals surface area contributed by atoms with Crippen LogP contribution in [0.4, 0.5) is 4.39 Å². The number of nitrogens with one attached hydrogen (secondary N) is 1. The summed E-state index contributed by atoms with van der Waals surface area (Å²) >= 11 is 1.72. The summed E-state index contributed by atoms with van der Waals surface area (Å²) in [7, 11) is 0. The number of benzene rings is 1. The van der Waals surface area contributed by atoms with Crippen LogP contribution in [0.3, 0.4) is 0 Å². The predicted molar refractivity (Wildman–Crippen MR) is 74.3 cm³/mol. The smallest absolute Gasteiger partial charge is 0.0902 e. The summed E-state index contributed by atoms with van der Waals surface area (Å²) in [5, 5.41) is 3.42. The van der Waals surface area contributed by atoms with Crippen LogP contribution in [0.5, 0.6) is 0 Å². The van der Waals surface area contributed by atoms with Gasteiger partial charge in [-0.3, -0.25) is 4.39 Å². The Bertz CT molecular complexity index is 298. The fourth-order valence-corrected chi connectivity index (χ4v) is 2.27. The standard InChI is InChI=1S/C14H22FNS/c1-12(2)10-16-11-13-4-6-14(7-5-13)17-9-3-8-15/h4-7,12,16H,3,8-11H2,1-2H3. The van der Waals surface area contributed by atoms with Gasteiger partial charge in [0.1, 0.15) is 0 Å². The molecule has 0 radical (unpaired) electrons. The first-order valence-electron chi connectivity index (χ1n) is 6.21. The van der Waals surface area contributed by atoms with Crippen LogP contribution in [-0.2, 0) is 6.54 Å². The molecule has 0 fully saturated rings. The first-order chi connectivity index (χ1) is 8.22. The maximum Gasteiger partial charge on any atom is 0.0902 e. The van der Waals surface area contributed by atoms with Gasteiger partial charge in [-0.2, -0.15) is 0 Å². The van der Waals surface area contributed by atoms with Crippen molar-refractivity contribution in [2.24, 2.45) is 5.92 Å². The lowest BCUT2D eigenvalue weighted by Gasteiger charge is -2.08. The molecule has 17 heavy (non-hydrogen) atoms. The van der Waals surface area contributed by atoms with E-state index in [2.05, 4.69) is 43.4 Å². The minimum absolute atomic E-state index is 0.218. The minimum Gasteiger partial charge on any atom is -0.312 e. The molecule has 3 heteroatoms. The number of thioether (sulfide) groups is 1. The Morgan fingerprint density at radius 1 is 1.24 bits per heavy atom. The van der Waals surface area contributed by atoms with Crippen molar-refractivity contribution in [2.75, 3.05) is 19.0 Å². The van der Waals surface area contributed by atoms with Gasteiger partial charge in [0.2, 0.25) is 0 Å². The van der Waals surface area contributed by atoms with Crippen LogP contribution in [0.1, 0.15) is 25.8 Å². The highest BCUT2D eigenvalue weighted by Crippen LogP contribution is 2.19. The van der Waals surface area contributed by atoms with Gasteiger partial charge in [0, 0.05) is 17.2 Å².